The third-order valence-electron chi connectivity index (χ3n) is 2.52. The molecule has 4 heteroatoms. The molecule has 1 aliphatic heterocycles. The van der Waals surface area contributed by atoms with E-state index in [9.17, 15) is 4.79 Å². The van der Waals surface area contributed by atoms with Gasteiger partial charge in [0.1, 0.15) is 0 Å². The molecule has 1 heterocycles. The van der Waals surface area contributed by atoms with Crippen molar-refractivity contribution < 1.29 is 9.53 Å². The van der Waals surface area contributed by atoms with E-state index >= 15 is 0 Å². The molecule has 1 fully saturated rings. The number of hydrogen-bond donors (Lipinski definition) is 1. The van der Waals surface area contributed by atoms with Gasteiger partial charge >= 0.3 is 0 Å². The quantitative estimate of drug-likeness (QED) is 0.671. The number of ether oxygens (including phenoxy) is 1. The van der Waals surface area contributed by atoms with E-state index in [4.69, 9.17) is 10.5 Å². The normalized spacial score (nSPS) is 24.5. The van der Waals surface area contributed by atoms with Crippen molar-refractivity contribution >= 4 is 5.91 Å². The van der Waals surface area contributed by atoms with Crippen LogP contribution in [0.4, 0.5) is 0 Å². The van der Waals surface area contributed by atoms with Gasteiger partial charge in [-0.25, -0.2) is 0 Å². The minimum absolute atomic E-state index is 0.0658. The largest absolute Gasteiger partial charge is 0.383 e. The molecule has 1 aliphatic rings. The zero-order chi connectivity index (χ0) is 9.68. The molecule has 0 aromatic heterocycles. The lowest BCUT2D eigenvalue weighted by Crippen LogP contribution is -2.48. The summed E-state index contributed by atoms with van der Waals surface area (Å²) in [6, 6.07) is -0.0658. The van der Waals surface area contributed by atoms with Gasteiger partial charge in [0.25, 0.3) is 0 Å². The maximum Gasteiger partial charge on any atom is 0.234 e. The van der Waals surface area contributed by atoms with Crippen LogP contribution in [-0.2, 0) is 9.53 Å². The van der Waals surface area contributed by atoms with Crippen LogP contribution in [0.1, 0.15) is 19.3 Å². The summed E-state index contributed by atoms with van der Waals surface area (Å²) in [5, 5.41) is 0. The zero-order valence-corrected chi connectivity index (χ0v) is 8.16. The fourth-order valence-corrected chi connectivity index (χ4v) is 1.79. The van der Waals surface area contributed by atoms with Crippen LogP contribution >= 0.6 is 0 Å². The van der Waals surface area contributed by atoms with E-state index in [0.717, 1.165) is 32.4 Å². The van der Waals surface area contributed by atoms with Crippen molar-refractivity contribution in [3.05, 3.63) is 0 Å². The molecule has 0 unspecified atom stereocenters. The molecule has 4 nitrogen and oxygen atoms in total. The SMILES string of the molecule is COCCN1CCCC[C@@H]1C(N)=O. The molecule has 13 heavy (non-hydrogen) atoms. The van der Waals surface area contributed by atoms with E-state index in [1.807, 2.05) is 0 Å². The van der Waals surface area contributed by atoms with Crippen LogP contribution in [0.2, 0.25) is 0 Å². The number of rotatable bonds is 4. The predicted molar refractivity (Wildman–Crippen MR) is 50.3 cm³/mol. The highest BCUT2D eigenvalue weighted by atomic mass is 16.5. The van der Waals surface area contributed by atoms with Crippen LogP contribution in [0.25, 0.3) is 0 Å². The number of piperidine rings is 1. The molecule has 0 aromatic carbocycles. The van der Waals surface area contributed by atoms with Gasteiger partial charge < -0.3 is 10.5 Å². The van der Waals surface area contributed by atoms with Crippen molar-refractivity contribution in [3.8, 4) is 0 Å². The van der Waals surface area contributed by atoms with Crippen molar-refractivity contribution in [2.45, 2.75) is 25.3 Å². The molecule has 0 aromatic rings. The molecular weight excluding hydrogens is 168 g/mol. The lowest BCUT2D eigenvalue weighted by Gasteiger charge is -2.33. The average Bonchev–Trinajstić information content (AvgIpc) is 2.15. The van der Waals surface area contributed by atoms with Crippen LogP contribution in [0.3, 0.4) is 0 Å². The van der Waals surface area contributed by atoms with Crippen molar-refractivity contribution in [2.75, 3.05) is 26.8 Å². The summed E-state index contributed by atoms with van der Waals surface area (Å²) in [4.78, 5) is 13.2. The summed E-state index contributed by atoms with van der Waals surface area (Å²) in [7, 11) is 1.67. The second-order valence-corrected chi connectivity index (χ2v) is 3.44. The van der Waals surface area contributed by atoms with E-state index < -0.39 is 0 Å². The van der Waals surface area contributed by atoms with E-state index in [1.54, 1.807) is 7.11 Å². The maximum absolute atomic E-state index is 11.1. The van der Waals surface area contributed by atoms with Crippen LogP contribution in [0.15, 0.2) is 0 Å². The number of hydrogen-bond acceptors (Lipinski definition) is 3. The van der Waals surface area contributed by atoms with Crippen molar-refractivity contribution in [1.29, 1.82) is 0 Å². The third-order valence-corrected chi connectivity index (χ3v) is 2.52. The number of likely N-dealkylation sites (tertiary alicyclic amines) is 1. The number of carbonyl (C=O) groups is 1. The van der Waals surface area contributed by atoms with Crippen molar-refractivity contribution in [3.63, 3.8) is 0 Å². The molecule has 0 aliphatic carbocycles. The first kappa shape index (κ1) is 10.5. The highest BCUT2D eigenvalue weighted by molar-refractivity contribution is 5.79. The van der Waals surface area contributed by atoms with E-state index in [1.165, 1.54) is 0 Å². The lowest BCUT2D eigenvalue weighted by atomic mass is 10.0. The van der Waals surface area contributed by atoms with Gasteiger partial charge in [0.2, 0.25) is 5.91 Å². The molecule has 0 radical (unpaired) electrons. The fourth-order valence-electron chi connectivity index (χ4n) is 1.79. The van der Waals surface area contributed by atoms with Gasteiger partial charge in [0.15, 0.2) is 0 Å². The topological polar surface area (TPSA) is 55.6 Å². The van der Waals surface area contributed by atoms with Crippen LogP contribution in [0, 0.1) is 0 Å². The summed E-state index contributed by atoms with van der Waals surface area (Å²) in [6.45, 7) is 2.45. The Balaban J connectivity index is 2.41. The highest BCUT2D eigenvalue weighted by Crippen LogP contribution is 2.15. The smallest absolute Gasteiger partial charge is 0.234 e. The predicted octanol–water partition coefficient (Wildman–Crippen LogP) is -0.0274. The summed E-state index contributed by atoms with van der Waals surface area (Å²) in [6.07, 6.45) is 3.17. The molecule has 76 valence electrons. The Kier molecular flexibility index (Phi) is 4.18. The molecule has 0 saturated carbocycles. The van der Waals surface area contributed by atoms with E-state index in [0.29, 0.717) is 6.61 Å². The Morgan fingerprint density at radius 2 is 2.38 bits per heavy atom. The number of amides is 1. The van der Waals surface area contributed by atoms with Gasteiger partial charge in [-0.1, -0.05) is 6.42 Å². The Morgan fingerprint density at radius 3 is 3.00 bits per heavy atom. The molecular formula is C9H18N2O2. The van der Waals surface area contributed by atoms with Gasteiger partial charge in [-0.05, 0) is 19.4 Å². The number of nitrogens with zero attached hydrogens (tertiary/aromatic N) is 1. The summed E-state index contributed by atoms with van der Waals surface area (Å²) in [5.41, 5.74) is 5.31. The van der Waals surface area contributed by atoms with Gasteiger partial charge in [0.05, 0.1) is 12.6 Å². The third kappa shape index (κ3) is 2.97. The Hall–Kier alpha value is -0.610. The van der Waals surface area contributed by atoms with Crippen LogP contribution < -0.4 is 5.73 Å². The number of methoxy groups -OCH3 is 1. The van der Waals surface area contributed by atoms with Crippen LogP contribution in [0.5, 0.6) is 0 Å². The number of carbonyl (C=O) groups excluding carboxylic acids is 1. The molecule has 0 bridgehead atoms. The summed E-state index contributed by atoms with van der Waals surface area (Å²) < 4.78 is 4.98. The summed E-state index contributed by atoms with van der Waals surface area (Å²) in [5.74, 6) is -0.198. The first-order valence-corrected chi connectivity index (χ1v) is 4.78. The second kappa shape index (κ2) is 5.19. The van der Waals surface area contributed by atoms with E-state index in [2.05, 4.69) is 4.90 Å². The molecule has 1 atom stereocenters. The van der Waals surface area contributed by atoms with E-state index in [-0.39, 0.29) is 11.9 Å². The minimum Gasteiger partial charge on any atom is -0.383 e. The average molecular weight is 186 g/mol. The molecule has 1 rings (SSSR count). The molecule has 2 N–H and O–H groups in total. The minimum atomic E-state index is -0.198. The standard InChI is InChI=1S/C9H18N2O2/c1-13-7-6-11-5-3-2-4-8(11)9(10)12/h8H,2-7H2,1H3,(H2,10,12)/t8-/m1/s1. The maximum atomic E-state index is 11.1. The number of primary amides is 1. The Labute approximate surface area is 79.0 Å². The van der Waals surface area contributed by atoms with Gasteiger partial charge in [0, 0.05) is 13.7 Å². The lowest BCUT2D eigenvalue weighted by molar-refractivity contribution is -0.124. The van der Waals surface area contributed by atoms with Crippen molar-refractivity contribution in [1.82, 2.24) is 4.90 Å². The monoisotopic (exact) mass is 186 g/mol. The van der Waals surface area contributed by atoms with Gasteiger partial charge in [-0.15, -0.1) is 0 Å². The first-order chi connectivity index (χ1) is 6.25. The van der Waals surface area contributed by atoms with Gasteiger partial charge in [-0.3, -0.25) is 9.69 Å². The summed E-state index contributed by atoms with van der Waals surface area (Å²) >= 11 is 0. The molecule has 0 spiro atoms. The Morgan fingerprint density at radius 1 is 1.62 bits per heavy atom. The molecule has 1 saturated heterocycles. The van der Waals surface area contributed by atoms with Crippen LogP contribution in [-0.4, -0.2) is 43.7 Å². The Bertz CT molecular complexity index is 173. The van der Waals surface area contributed by atoms with Gasteiger partial charge in [-0.2, -0.15) is 0 Å². The fraction of sp³-hybridized carbons (Fsp3) is 0.889. The number of nitrogens with two attached hydrogens (primary N) is 1. The second-order valence-electron chi connectivity index (χ2n) is 3.44. The zero-order valence-electron chi connectivity index (χ0n) is 8.16. The highest BCUT2D eigenvalue weighted by Gasteiger charge is 2.25. The van der Waals surface area contributed by atoms with Crippen molar-refractivity contribution in [2.24, 2.45) is 5.73 Å². The molecule has 1 amide bonds. The first-order valence-electron chi connectivity index (χ1n) is 4.78.